The summed E-state index contributed by atoms with van der Waals surface area (Å²) in [6.45, 7) is 8.85. The maximum Gasteiger partial charge on any atom is 0.120 e. The van der Waals surface area contributed by atoms with Crippen LogP contribution < -0.4 is 15.0 Å². The number of benzene rings is 1. The van der Waals surface area contributed by atoms with Crippen LogP contribution in [0.3, 0.4) is 0 Å². The highest BCUT2D eigenvalue weighted by atomic mass is 16.5. The number of nitrogens with zero attached hydrogens (tertiary/aromatic N) is 1. The summed E-state index contributed by atoms with van der Waals surface area (Å²) in [5.41, 5.74) is 2.66. The van der Waals surface area contributed by atoms with Gasteiger partial charge in [0.25, 0.3) is 0 Å². The van der Waals surface area contributed by atoms with Gasteiger partial charge >= 0.3 is 0 Å². The van der Waals surface area contributed by atoms with E-state index in [0.29, 0.717) is 0 Å². The lowest BCUT2D eigenvalue weighted by molar-refractivity contribution is 0.414. The Morgan fingerprint density at radius 2 is 2.28 bits per heavy atom. The molecular weight excluding hydrogens is 224 g/mol. The Balaban J connectivity index is 2.04. The SMILES string of the molecule is CCNCC1CCN(c2cc(OC)ccc2C)C1. The molecule has 1 fully saturated rings. The standard InChI is InChI=1S/C15H24N2O/c1-4-16-10-13-7-8-17(11-13)15-9-14(18-3)6-5-12(15)2/h5-6,9,13,16H,4,7-8,10-11H2,1-3H3. The van der Waals surface area contributed by atoms with Crippen molar-refractivity contribution in [1.82, 2.24) is 5.32 Å². The van der Waals surface area contributed by atoms with Crippen molar-refractivity contribution in [2.45, 2.75) is 20.3 Å². The van der Waals surface area contributed by atoms with Crippen LogP contribution in [0.5, 0.6) is 5.75 Å². The van der Waals surface area contributed by atoms with Gasteiger partial charge in [0, 0.05) is 24.8 Å². The summed E-state index contributed by atoms with van der Waals surface area (Å²) in [5, 5.41) is 3.45. The molecule has 1 aromatic rings. The molecule has 3 heteroatoms. The quantitative estimate of drug-likeness (QED) is 0.866. The summed E-state index contributed by atoms with van der Waals surface area (Å²) in [7, 11) is 1.73. The fraction of sp³-hybridized carbons (Fsp3) is 0.600. The molecule has 1 N–H and O–H groups in total. The third-order valence-electron chi connectivity index (χ3n) is 3.73. The van der Waals surface area contributed by atoms with Gasteiger partial charge in [0.05, 0.1) is 7.11 Å². The summed E-state index contributed by atoms with van der Waals surface area (Å²) in [6, 6.07) is 6.34. The van der Waals surface area contributed by atoms with E-state index in [1.165, 1.54) is 17.7 Å². The predicted molar refractivity (Wildman–Crippen MR) is 76.6 cm³/mol. The Kier molecular flexibility index (Phi) is 4.48. The van der Waals surface area contributed by atoms with Gasteiger partial charge < -0.3 is 15.0 Å². The monoisotopic (exact) mass is 248 g/mol. The highest BCUT2D eigenvalue weighted by Crippen LogP contribution is 2.29. The molecule has 2 rings (SSSR count). The van der Waals surface area contributed by atoms with Crippen molar-refractivity contribution in [2.24, 2.45) is 5.92 Å². The fourth-order valence-corrected chi connectivity index (χ4v) is 2.62. The molecule has 0 spiro atoms. The van der Waals surface area contributed by atoms with Crippen LogP contribution in [0.25, 0.3) is 0 Å². The predicted octanol–water partition coefficient (Wildman–Crippen LogP) is 2.44. The second-order valence-corrected chi connectivity index (χ2v) is 5.06. The minimum absolute atomic E-state index is 0.774. The van der Waals surface area contributed by atoms with Crippen molar-refractivity contribution in [3.05, 3.63) is 23.8 Å². The number of nitrogens with one attached hydrogen (secondary N) is 1. The van der Waals surface area contributed by atoms with Gasteiger partial charge in [-0.25, -0.2) is 0 Å². The second kappa shape index (κ2) is 6.10. The first-order chi connectivity index (χ1) is 8.74. The number of aryl methyl sites for hydroxylation is 1. The molecule has 18 heavy (non-hydrogen) atoms. The van der Waals surface area contributed by atoms with Crippen molar-refractivity contribution in [2.75, 3.05) is 38.2 Å². The summed E-state index contributed by atoms with van der Waals surface area (Å²) >= 11 is 0. The molecule has 1 heterocycles. The van der Waals surface area contributed by atoms with Crippen LogP contribution in [-0.4, -0.2) is 33.3 Å². The zero-order valence-electron chi connectivity index (χ0n) is 11.7. The molecule has 1 saturated heterocycles. The van der Waals surface area contributed by atoms with Crippen molar-refractivity contribution in [3.63, 3.8) is 0 Å². The van der Waals surface area contributed by atoms with E-state index in [2.05, 4.69) is 36.2 Å². The molecule has 0 radical (unpaired) electrons. The molecular formula is C15H24N2O. The van der Waals surface area contributed by atoms with Gasteiger partial charge in [-0.15, -0.1) is 0 Å². The van der Waals surface area contributed by atoms with E-state index in [9.17, 15) is 0 Å². The molecule has 0 aliphatic carbocycles. The van der Waals surface area contributed by atoms with E-state index >= 15 is 0 Å². The van der Waals surface area contributed by atoms with Crippen molar-refractivity contribution < 1.29 is 4.74 Å². The topological polar surface area (TPSA) is 24.5 Å². The normalized spacial score (nSPS) is 19.3. The number of methoxy groups -OCH3 is 1. The Bertz CT molecular complexity index is 392. The van der Waals surface area contributed by atoms with Crippen LogP contribution in [0.15, 0.2) is 18.2 Å². The molecule has 0 aromatic heterocycles. The van der Waals surface area contributed by atoms with Gasteiger partial charge in [-0.3, -0.25) is 0 Å². The summed E-state index contributed by atoms with van der Waals surface area (Å²) in [6.07, 6.45) is 1.28. The van der Waals surface area contributed by atoms with Crippen LogP contribution in [0.2, 0.25) is 0 Å². The molecule has 1 atom stereocenters. The largest absolute Gasteiger partial charge is 0.497 e. The van der Waals surface area contributed by atoms with E-state index in [1.807, 2.05) is 6.07 Å². The van der Waals surface area contributed by atoms with Gasteiger partial charge in [-0.1, -0.05) is 13.0 Å². The van der Waals surface area contributed by atoms with Gasteiger partial charge in [-0.2, -0.15) is 0 Å². The molecule has 0 amide bonds. The molecule has 1 aromatic carbocycles. The van der Waals surface area contributed by atoms with Gasteiger partial charge in [0.2, 0.25) is 0 Å². The third-order valence-corrected chi connectivity index (χ3v) is 3.73. The lowest BCUT2D eigenvalue weighted by atomic mass is 10.1. The number of ether oxygens (including phenoxy) is 1. The number of rotatable bonds is 5. The van der Waals surface area contributed by atoms with E-state index in [-0.39, 0.29) is 0 Å². The first kappa shape index (κ1) is 13.2. The van der Waals surface area contributed by atoms with E-state index < -0.39 is 0 Å². The van der Waals surface area contributed by atoms with Crippen LogP contribution in [0, 0.1) is 12.8 Å². The second-order valence-electron chi connectivity index (χ2n) is 5.06. The number of hydrogen-bond acceptors (Lipinski definition) is 3. The number of anilines is 1. The van der Waals surface area contributed by atoms with Crippen molar-refractivity contribution >= 4 is 5.69 Å². The Morgan fingerprint density at radius 3 is 3.00 bits per heavy atom. The lowest BCUT2D eigenvalue weighted by Gasteiger charge is -2.21. The minimum atomic E-state index is 0.774. The smallest absolute Gasteiger partial charge is 0.120 e. The lowest BCUT2D eigenvalue weighted by Crippen LogP contribution is -2.26. The first-order valence-electron chi connectivity index (χ1n) is 6.85. The Morgan fingerprint density at radius 1 is 1.44 bits per heavy atom. The van der Waals surface area contributed by atoms with E-state index in [4.69, 9.17) is 4.74 Å². The zero-order valence-corrected chi connectivity index (χ0v) is 11.7. The number of hydrogen-bond donors (Lipinski definition) is 1. The highest BCUT2D eigenvalue weighted by molar-refractivity contribution is 5.57. The first-order valence-corrected chi connectivity index (χ1v) is 6.85. The summed E-state index contributed by atoms with van der Waals surface area (Å²) in [5.74, 6) is 1.72. The molecule has 1 unspecified atom stereocenters. The van der Waals surface area contributed by atoms with Gasteiger partial charge in [0.15, 0.2) is 0 Å². The van der Waals surface area contributed by atoms with E-state index in [0.717, 1.165) is 37.8 Å². The molecule has 1 aliphatic heterocycles. The average Bonchev–Trinajstić information content (AvgIpc) is 2.85. The molecule has 1 aliphatic rings. The van der Waals surface area contributed by atoms with Crippen LogP contribution in [0.1, 0.15) is 18.9 Å². The maximum atomic E-state index is 5.32. The van der Waals surface area contributed by atoms with Gasteiger partial charge in [0.1, 0.15) is 5.75 Å². The van der Waals surface area contributed by atoms with E-state index in [1.54, 1.807) is 7.11 Å². The molecule has 100 valence electrons. The Labute approximate surface area is 110 Å². The van der Waals surface area contributed by atoms with Crippen LogP contribution >= 0.6 is 0 Å². The minimum Gasteiger partial charge on any atom is -0.497 e. The third kappa shape index (κ3) is 2.96. The zero-order chi connectivity index (χ0) is 13.0. The highest BCUT2D eigenvalue weighted by Gasteiger charge is 2.23. The van der Waals surface area contributed by atoms with Crippen LogP contribution in [0.4, 0.5) is 5.69 Å². The van der Waals surface area contributed by atoms with Crippen molar-refractivity contribution in [3.8, 4) is 5.75 Å². The fourth-order valence-electron chi connectivity index (χ4n) is 2.62. The van der Waals surface area contributed by atoms with Gasteiger partial charge in [-0.05, 0) is 44.0 Å². The summed E-state index contributed by atoms with van der Waals surface area (Å²) < 4.78 is 5.32. The average molecular weight is 248 g/mol. The summed E-state index contributed by atoms with van der Waals surface area (Å²) in [4.78, 5) is 2.49. The van der Waals surface area contributed by atoms with Crippen molar-refractivity contribution in [1.29, 1.82) is 0 Å². The Hall–Kier alpha value is -1.22. The van der Waals surface area contributed by atoms with Crippen LogP contribution in [-0.2, 0) is 0 Å². The maximum absolute atomic E-state index is 5.32. The molecule has 3 nitrogen and oxygen atoms in total. The molecule has 0 bridgehead atoms. The molecule has 0 saturated carbocycles.